The standard InChI is InChI=1S/C19H18F6N2O.2ClH/c20-18(21,22)15-3-1-2-14(12-15)17(27-10-8-26-9-11-27)13-4-6-16(7-5-13)28-19(23,24)25;;/h1-7,12,17,26H,8-11H2;2*1H/t17-;;/m0../s1. The van der Waals surface area contributed by atoms with Crippen LogP contribution in [0.5, 0.6) is 5.75 Å². The minimum absolute atomic E-state index is 0. The molecule has 2 aromatic rings. The highest BCUT2D eigenvalue weighted by Crippen LogP contribution is 2.35. The number of alkyl halides is 6. The summed E-state index contributed by atoms with van der Waals surface area (Å²) in [5, 5.41) is 3.18. The smallest absolute Gasteiger partial charge is 0.406 e. The van der Waals surface area contributed by atoms with Crippen molar-refractivity contribution >= 4 is 24.8 Å². The Labute approximate surface area is 182 Å². The zero-order valence-electron chi connectivity index (χ0n) is 15.5. The van der Waals surface area contributed by atoms with E-state index in [1.807, 2.05) is 4.90 Å². The molecule has 11 heteroatoms. The van der Waals surface area contributed by atoms with E-state index < -0.39 is 24.1 Å². The van der Waals surface area contributed by atoms with Gasteiger partial charge in [0.05, 0.1) is 11.6 Å². The molecule has 0 radical (unpaired) electrons. The van der Waals surface area contributed by atoms with Crippen molar-refractivity contribution in [2.24, 2.45) is 0 Å². The predicted molar refractivity (Wildman–Crippen MR) is 105 cm³/mol. The largest absolute Gasteiger partial charge is 0.573 e. The fourth-order valence-corrected chi connectivity index (χ4v) is 3.29. The normalized spacial score (nSPS) is 16.2. The molecule has 0 amide bonds. The maximum atomic E-state index is 13.1. The first-order chi connectivity index (χ1) is 13.1. The van der Waals surface area contributed by atoms with Crippen LogP contribution in [-0.4, -0.2) is 37.4 Å². The van der Waals surface area contributed by atoms with Gasteiger partial charge in [-0.25, -0.2) is 0 Å². The number of benzene rings is 2. The number of nitrogens with one attached hydrogen (secondary N) is 1. The molecule has 0 spiro atoms. The summed E-state index contributed by atoms with van der Waals surface area (Å²) in [6.07, 6.45) is -9.28. The summed E-state index contributed by atoms with van der Waals surface area (Å²) in [7, 11) is 0. The summed E-state index contributed by atoms with van der Waals surface area (Å²) in [5.41, 5.74) is 0.263. The highest BCUT2D eigenvalue weighted by molar-refractivity contribution is 5.85. The van der Waals surface area contributed by atoms with Crippen LogP contribution in [0.2, 0.25) is 0 Å². The summed E-state index contributed by atoms with van der Waals surface area (Å²) in [5.74, 6) is -0.376. The van der Waals surface area contributed by atoms with Gasteiger partial charge in [-0.1, -0.05) is 24.3 Å². The van der Waals surface area contributed by atoms with Crippen molar-refractivity contribution in [3.63, 3.8) is 0 Å². The molecule has 1 aliphatic rings. The van der Waals surface area contributed by atoms with Crippen molar-refractivity contribution < 1.29 is 31.1 Å². The Bertz CT molecular complexity index is 793. The van der Waals surface area contributed by atoms with E-state index in [0.29, 0.717) is 37.3 Å². The number of hydrogen-bond acceptors (Lipinski definition) is 3. The van der Waals surface area contributed by atoms with E-state index in [9.17, 15) is 26.3 Å². The molecule has 0 aromatic heterocycles. The van der Waals surface area contributed by atoms with Gasteiger partial charge in [0, 0.05) is 26.2 Å². The van der Waals surface area contributed by atoms with E-state index in [2.05, 4.69) is 10.1 Å². The lowest BCUT2D eigenvalue weighted by atomic mass is 9.95. The van der Waals surface area contributed by atoms with Crippen molar-refractivity contribution in [1.82, 2.24) is 10.2 Å². The molecule has 0 aliphatic carbocycles. The Balaban J connectivity index is 0.00000225. The van der Waals surface area contributed by atoms with Crippen LogP contribution in [0.1, 0.15) is 22.7 Å². The molecule has 1 heterocycles. The second kappa shape index (κ2) is 10.6. The first-order valence-electron chi connectivity index (χ1n) is 8.61. The SMILES string of the molecule is Cl.Cl.FC(F)(F)Oc1ccc([C@@H](c2cccc(C(F)(F)F)c2)N2CCNCC2)cc1. The van der Waals surface area contributed by atoms with E-state index in [-0.39, 0.29) is 30.6 Å². The average Bonchev–Trinajstić information content (AvgIpc) is 2.63. The van der Waals surface area contributed by atoms with Gasteiger partial charge < -0.3 is 10.1 Å². The topological polar surface area (TPSA) is 24.5 Å². The van der Waals surface area contributed by atoms with E-state index >= 15 is 0 Å². The van der Waals surface area contributed by atoms with E-state index in [1.54, 1.807) is 6.07 Å². The lowest BCUT2D eigenvalue weighted by molar-refractivity contribution is -0.274. The number of halogens is 8. The summed E-state index contributed by atoms with van der Waals surface area (Å²) in [6.45, 7) is 2.54. The highest BCUT2D eigenvalue weighted by atomic mass is 35.5. The van der Waals surface area contributed by atoms with Crippen LogP contribution in [0, 0.1) is 0 Å². The molecular weight excluding hydrogens is 457 g/mol. The van der Waals surface area contributed by atoms with Crippen molar-refractivity contribution in [2.45, 2.75) is 18.6 Å². The van der Waals surface area contributed by atoms with E-state index in [0.717, 1.165) is 12.1 Å². The van der Waals surface area contributed by atoms with Gasteiger partial charge in [-0.3, -0.25) is 4.90 Å². The lowest BCUT2D eigenvalue weighted by Crippen LogP contribution is -2.45. The van der Waals surface area contributed by atoms with Crippen molar-refractivity contribution in [3.05, 3.63) is 65.2 Å². The summed E-state index contributed by atoms with van der Waals surface area (Å²) in [6, 6.07) is 9.77. The summed E-state index contributed by atoms with van der Waals surface area (Å²) < 4.78 is 80.4. The third kappa shape index (κ3) is 6.94. The maximum absolute atomic E-state index is 13.1. The molecule has 1 fully saturated rings. The Morgan fingerprint density at radius 1 is 0.833 bits per heavy atom. The quantitative estimate of drug-likeness (QED) is 0.594. The first-order valence-corrected chi connectivity index (χ1v) is 8.61. The third-order valence-electron chi connectivity index (χ3n) is 4.48. The number of rotatable bonds is 4. The molecule has 168 valence electrons. The zero-order chi connectivity index (χ0) is 20.4. The highest BCUT2D eigenvalue weighted by Gasteiger charge is 2.33. The molecule has 1 N–H and O–H groups in total. The van der Waals surface area contributed by atoms with Gasteiger partial charge in [0.2, 0.25) is 0 Å². The van der Waals surface area contributed by atoms with Gasteiger partial charge in [0.25, 0.3) is 0 Å². The van der Waals surface area contributed by atoms with Gasteiger partial charge in [-0.15, -0.1) is 38.0 Å². The fraction of sp³-hybridized carbons (Fsp3) is 0.368. The molecule has 3 rings (SSSR count). The molecular formula is C19H20Cl2F6N2O. The van der Waals surface area contributed by atoms with Crippen LogP contribution in [0.4, 0.5) is 26.3 Å². The van der Waals surface area contributed by atoms with Gasteiger partial charge in [-0.05, 0) is 35.4 Å². The molecule has 0 unspecified atom stereocenters. The second-order valence-corrected chi connectivity index (χ2v) is 6.43. The van der Waals surface area contributed by atoms with Crippen LogP contribution in [0.3, 0.4) is 0 Å². The minimum Gasteiger partial charge on any atom is -0.406 e. The van der Waals surface area contributed by atoms with Crippen molar-refractivity contribution in [2.75, 3.05) is 26.2 Å². The van der Waals surface area contributed by atoms with Gasteiger partial charge in [0.15, 0.2) is 0 Å². The van der Waals surface area contributed by atoms with Crippen molar-refractivity contribution in [3.8, 4) is 5.75 Å². The van der Waals surface area contributed by atoms with Crippen LogP contribution in [0.25, 0.3) is 0 Å². The molecule has 30 heavy (non-hydrogen) atoms. The molecule has 1 aliphatic heterocycles. The van der Waals surface area contributed by atoms with Crippen LogP contribution in [0.15, 0.2) is 48.5 Å². The van der Waals surface area contributed by atoms with Crippen LogP contribution >= 0.6 is 24.8 Å². The fourth-order valence-electron chi connectivity index (χ4n) is 3.29. The predicted octanol–water partition coefficient (Wildman–Crippen LogP) is 5.44. The molecule has 2 aromatic carbocycles. The monoisotopic (exact) mass is 476 g/mol. The molecule has 1 atom stereocenters. The molecule has 3 nitrogen and oxygen atoms in total. The molecule has 1 saturated heterocycles. The van der Waals surface area contributed by atoms with Crippen LogP contribution < -0.4 is 10.1 Å². The van der Waals surface area contributed by atoms with E-state index in [4.69, 9.17) is 0 Å². The number of nitrogens with zero attached hydrogens (tertiary/aromatic N) is 1. The summed E-state index contributed by atoms with van der Waals surface area (Å²) in [4.78, 5) is 2.01. The van der Waals surface area contributed by atoms with Gasteiger partial charge in [-0.2, -0.15) is 13.2 Å². The Kier molecular flexibility index (Phi) is 9.28. The lowest BCUT2D eigenvalue weighted by Gasteiger charge is -2.36. The number of hydrogen-bond donors (Lipinski definition) is 1. The van der Waals surface area contributed by atoms with Crippen LogP contribution in [-0.2, 0) is 6.18 Å². The van der Waals surface area contributed by atoms with Gasteiger partial charge in [0.1, 0.15) is 5.75 Å². The van der Waals surface area contributed by atoms with Crippen molar-refractivity contribution in [1.29, 1.82) is 0 Å². The number of piperazine rings is 1. The average molecular weight is 477 g/mol. The molecule has 0 saturated carbocycles. The van der Waals surface area contributed by atoms with E-state index in [1.165, 1.54) is 30.3 Å². The second-order valence-electron chi connectivity index (χ2n) is 6.43. The first kappa shape index (κ1) is 26.4. The Hall–Kier alpha value is -1.68. The minimum atomic E-state index is -4.81. The maximum Gasteiger partial charge on any atom is 0.573 e. The third-order valence-corrected chi connectivity index (χ3v) is 4.48. The van der Waals surface area contributed by atoms with Gasteiger partial charge >= 0.3 is 12.5 Å². The zero-order valence-corrected chi connectivity index (χ0v) is 17.1. The number of ether oxygens (including phenoxy) is 1. The Morgan fingerprint density at radius 2 is 1.43 bits per heavy atom. The Morgan fingerprint density at radius 3 is 1.97 bits per heavy atom. The molecule has 0 bridgehead atoms. The summed E-state index contributed by atoms with van der Waals surface area (Å²) >= 11 is 0.